The molecular formula is C28H31F2N6O7PS. The number of aromatic nitrogens is 3. The second kappa shape index (κ2) is 14.5. The minimum absolute atomic E-state index is 0.0187. The zero-order valence-electron chi connectivity index (χ0n) is 24.1. The van der Waals surface area contributed by atoms with Crippen molar-refractivity contribution in [2.24, 2.45) is 0 Å². The summed E-state index contributed by atoms with van der Waals surface area (Å²) in [7, 11) is -2.98. The van der Waals surface area contributed by atoms with E-state index in [0.717, 1.165) is 25.5 Å². The Kier molecular flexibility index (Phi) is 10.5. The van der Waals surface area contributed by atoms with Crippen LogP contribution in [0.4, 0.5) is 25.4 Å². The van der Waals surface area contributed by atoms with Crippen LogP contribution in [0.5, 0.6) is 11.5 Å². The van der Waals surface area contributed by atoms with Crippen LogP contribution >= 0.6 is 19.2 Å². The first-order valence-electron chi connectivity index (χ1n) is 13.9. The van der Waals surface area contributed by atoms with E-state index in [2.05, 4.69) is 30.5 Å². The lowest BCUT2D eigenvalue weighted by molar-refractivity contribution is -0.115. The predicted molar refractivity (Wildman–Crippen MR) is 163 cm³/mol. The van der Waals surface area contributed by atoms with Crippen LogP contribution in [0.1, 0.15) is 24.1 Å². The molecule has 0 saturated carbocycles. The third kappa shape index (κ3) is 8.69. The van der Waals surface area contributed by atoms with E-state index in [-0.39, 0.29) is 24.8 Å². The molecule has 13 nitrogen and oxygen atoms in total. The first-order chi connectivity index (χ1) is 21.6. The number of likely N-dealkylation sites (tertiary alicyclic amines) is 1. The number of hydrogen-bond donors (Lipinski definition) is 4. The molecule has 45 heavy (non-hydrogen) atoms. The fourth-order valence-corrected chi connectivity index (χ4v) is 6.12. The average molecular weight is 665 g/mol. The molecule has 2 aromatic heterocycles. The van der Waals surface area contributed by atoms with E-state index < -0.39 is 25.4 Å². The zero-order valence-corrected chi connectivity index (χ0v) is 25.8. The molecule has 1 fully saturated rings. The largest absolute Gasteiger partial charge is 0.493 e. The highest BCUT2D eigenvalue weighted by Gasteiger charge is 2.27. The number of phosphoric acid groups is 1. The van der Waals surface area contributed by atoms with Crippen molar-refractivity contribution in [2.45, 2.75) is 31.7 Å². The number of methoxy groups -OCH3 is 1. The summed E-state index contributed by atoms with van der Waals surface area (Å²) in [5, 5.41) is 6.61. The minimum atomic E-state index is -4.51. The number of hydrogen-bond acceptors (Lipinski definition) is 11. The highest BCUT2D eigenvalue weighted by molar-refractivity contribution is 7.46. The molecule has 0 bridgehead atoms. The van der Waals surface area contributed by atoms with Crippen LogP contribution in [0, 0.1) is 11.6 Å². The summed E-state index contributed by atoms with van der Waals surface area (Å²) in [6.07, 6.45) is 5.23. The number of fused-ring (bicyclic) bond motifs is 1. The SMILES string of the molecule is COc1cc2c(Nc3ncc(CC(=O)Nc4cccc(F)c4F)s3)ncnc2cc1OCCCN1CCC[C@@H]1COP(=O)(O)O. The second-order valence-electron chi connectivity index (χ2n) is 10.1. The van der Waals surface area contributed by atoms with Crippen molar-refractivity contribution in [3.63, 3.8) is 0 Å². The number of carbonyl (C=O) groups excluding carboxylic acids is 1. The van der Waals surface area contributed by atoms with Gasteiger partial charge in [-0.3, -0.25) is 14.2 Å². The van der Waals surface area contributed by atoms with Crippen molar-refractivity contribution in [1.82, 2.24) is 19.9 Å². The van der Waals surface area contributed by atoms with E-state index in [1.807, 2.05) is 0 Å². The molecular weight excluding hydrogens is 633 g/mol. The maximum absolute atomic E-state index is 13.9. The number of ether oxygens (including phenoxy) is 2. The molecule has 0 unspecified atom stereocenters. The molecule has 4 aromatic rings. The van der Waals surface area contributed by atoms with Gasteiger partial charge in [0.15, 0.2) is 28.3 Å². The molecule has 0 aliphatic carbocycles. The zero-order chi connectivity index (χ0) is 32.0. The number of phosphoric ester groups is 1. The molecule has 1 aliphatic heterocycles. The van der Waals surface area contributed by atoms with Gasteiger partial charge >= 0.3 is 7.82 Å². The molecule has 2 aromatic carbocycles. The molecule has 1 amide bonds. The normalized spacial score (nSPS) is 15.4. The van der Waals surface area contributed by atoms with Gasteiger partial charge < -0.3 is 29.9 Å². The Balaban J connectivity index is 1.19. The predicted octanol–water partition coefficient (Wildman–Crippen LogP) is 4.64. The van der Waals surface area contributed by atoms with E-state index in [0.29, 0.717) is 57.8 Å². The van der Waals surface area contributed by atoms with E-state index in [1.165, 1.54) is 43.1 Å². The third-order valence-electron chi connectivity index (χ3n) is 7.04. The van der Waals surface area contributed by atoms with Gasteiger partial charge in [0.25, 0.3) is 0 Å². The first-order valence-corrected chi connectivity index (χ1v) is 16.3. The Hall–Kier alpha value is -3.79. The molecule has 1 aliphatic rings. The average Bonchev–Trinajstić information content (AvgIpc) is 3.65. The Bertz CT molecular complexity index is 1710. The van der Waals surface area contributed by atoms with Gasteiger partial charge in [0.2, 0.25) is 5.91 Å². The first kappa shape index (κ1) is 32.6. The molecule has 17 heteroatoms. The molecule has 1 atom stereocenters. The number of carbonyl (C=O) groups is 1. The third-order valence-corrected chi connectivity index (χ3v) is 8.44. The van der Waals surface area contributed by atoms with Crippen LogP contribution < -0.4 is 20.1 Å². The number of anilines is 3. The van der Waals surface area contributed by atoms with E-state index in [4.69, 9.17) is 23.8 Å². The molecule has 3 heterocycles. The molecule has 240 valence electrons. The van der Waals surface area contributed by atoms with Gasteiger partial charge in [-0.25, -0.2) is 28.3 Å². The van der Waals surface area contributed by atoms with Gasteiger partial charge in [-0.1, -0.05) is 6.07 Å². The fourth-order valence-electron chi connectivity index (χ4n) is 4.95. The summed E-state index contributed by atoms with van der Waals surface area (Å²) < 4.78 is 54.7. The number of amides is 1. The van der Waals surface area contributed by atoms with Crippen LogP contribution in [0.2, 0.25) is 0 Å². The monoisotopic (exact) mass is 664 g/mol. The molecule has 1 saturated heterocycles. The number of benzene rings is 2. The number of nitrogens with one attached hydrogen (secondary N) is 2. The van der Waals surface area contributed by atoms with Crippen molar-refractivity contribution in [3.05, 3.63) is 59.4 Å². The van der Waals surface area contributed by atoms with Crippen molar-refractivity contribution >= 4 is 52.6 Å². The van der Waals surface area contributed by atoms with Crippen molar-refractivity contribution < 1.29 is 41.9 Å². The smallest absolute Gasteiger partial charge is 0.469 e. The van der Waals surface area contributed by atoms with Crippen LogP contribution in [0.15, 0.2) is 42.9 Å². The fraction of sp³-hybridized carbons (Fsp3) is 0.357. The number of nitrogens with zero attached hydrogens (tertiary/aromatic N) is 4. The van der Waals surface area contributed by atoms with Gasteiger partial charge in [0.05, 0.1) is 37.9 Å². The standard InChI is InChI=1S/C28H31F2N6O7PS/c1-41-23-12-19-22(13-24(23)42-10-4-9-36-8-3-5-17(36)15-43-44(38,39)40)32-16-33-27(19)35-28-31-14-18(45-28)11-25(37)34-21-7-2-6-20(29)26(21)30/h2,6-7,12-14,16-17H,3-5,8-11,15H2,1H3,(H,34,37)(H2,38,39,40)(H,31,32,33,35)/t17-/m1/s1. The second-order valence-corrected chi connectivity index (χ2v) is 12.5. The summed E-state index contributed by atoms with van der Waals surface area (Å²) in [5.41, 5.74) is 0.352. The van der Waals surface area contributed by atoms with Gasteiger partial charge in [-0.05, 0) is 44.0 Å². The Labute approximate surface area is 260 Å². The lowest BCUT2D eigenvalue weighted by Gasteiger charge is -2.24. The van der Waals surface area contributed by atoms with E-state index in [1.54, 1.807) is 12.1 Å². The summed E-state index contributed by atoms with van der Waals surface area (Å²) >= 11 is 1.21. The summed E-state index contributed by atoms with van der Waals surface area (Å²) in [4.78, 5) is 46.1. The lowest BCUT2D eigenvalue weighted by Crippen LogP contribution is -2.34. The lowest BCUT2D eigenvalue weighted by atomic mass is 10.2. The number of rotatable bonds is 14. The van der Waals surface area contributed by atoms with Crippen molar-refractivity contribution in [1.29, 1.82) is 0 Å². The van der Waals surface area contributed by atoms with Crippen molar-refractivity contribution in [2.75, 3.05) is 44.0 Å². The number of thiazole rings is 1. The Morgan fingerprint density at radius 1 is 1.20 bits per heavy atom. The van der Waals surface area contributed by atoms with E-state index in [9.17, 15) is 18.1 Å². The maximum Gasteiger partial charge on any atom is 0.469 e. The molecule has 5 rings (SSSR count). The van der Waals surface area contributed by atoms with Crippen molar-refractivity contribution in [3.8, 4) is 11.5 Å². The summed E-state index contributed by atoms with van der Waals surface area (Å²) in [6.45, 7) is 1.86. The van der Waals surface area contributed by atoms with Crippen LogP contribution in [-0.4, -0.2) is 75.0 Å². The van der Waals surface area contributed by atoms with Gasteiger partial charge in [-0.2, -0.15) is 0 Å². The highest BCUT2D eigenvalue weighted by Crippen LogP contribution is 2.37. The van der Waals surface area contributed by atoms with Crippen LogP contribution in [0.3, 0.4) is 0 Å². The summed E-state index contributed by atoms with van der Waals surface area (Å²) in [6, 6.07) is 7.00. The van der Waals surface area contributed by atoms with Crippen LogP contribution in [-0.2, 0) is 20.3 Å². The highest BCUT2D eigenvalue weighted by atomic mass is 32.1. The van der Waals surface area contributed by atoms with Gasteiger partial charge in [-0.15, -0.1) is 11.3 Å². The Morgan fingerprint density at radius 3 is 2.84 bits per heavy atom. The number of halogens is 2. The van der Waals surface area contributed by atoms with Gasteiger partial charge in [0.1, 0.15) is 12.1 Å². The molecule has 4 N–H and O–H groups in total. The molecule has 0 radical (unpaired) electrons. The topological polar surface area (TPSA) is 168 Å². The molecule has 0 spiro atoms. The maximum atomic E-state index is 13.9. The van der Waals surface area contributed by atoms with Gasteiger partial charge in [0, 0.05) is 35.1 Å². The Morgan fingerprint density at radius 2 is 2.04 bits per heavy atom. The van der Waals surface area contributed by atoms with E-state index >= 15 is 0 Å². The quantitative estimate of drug-likeness (QED) is 0.109. The summed E-state index contributed by atoms with van der Waals surface area (Å²) in [5.74, 6) is -1.28. The minimum Gasteiger partial charge on any atom is -0.493 e. The van der Waals surface area contributed by atoms with Crippen LogP contribution in [0.25, 0.3) is 10.9 Å².